The zero-order valence-electron chi connectivity index (χ0n) is 16.0. The van der Waals surface area contributed by atoms with Crippen LogP contribution in [0.2, 0.25) is 10.0 Å². The van der Waals surface area contributed by atoms with Crippen LogP contribution in [-0.2, 0) is 17.8 Å². The molecule has 0 amide bonds. The third-order valence-electron chi connectivity index (χ3n) is 4.60. The predicted molar refractivity (Wildman–Crippen MR) is 109 cm³/mol. The van der Waals surface area contributed by atoms with Crippen molar-refractivity contribution in [2.45, 2.75) is 13.1 Å². The third kappa shape index (κ3) is 4.30. The summed E-state index contributed by atoms with van der Waals surface area (Å²) in [5.74, 6) is 0.284. The number of aromatic nitrogens is 4. The van der Waals surface area contributed by atoms with E-state index in [2.05, 4.69) is 25.2 Å². The molecule has 1 aromatic carbocycles. The highest BCUT2D eigenvalue weighted by Gasteiger charge is 2.14. The van der Waals surface area contributed by atoms with Crippen LogP contribution in [0.5, 0.6) is 0 Å². The number of aromatic amines is 1. The second-order valence-corrected chi connectivity index (χ2v) is 7.26. The normalized spacial score (nSPS) is 15.7. The van der Waals surface area contributed by atoms with E-state index in [-0.39, 0.29) is 29.1 Å². The van der Waals surface area contributed by atoms with E-state index in [0.717, 1.165) is 32.8 Å². The summed E-state index contributed by atoms with van der Waals surface area (Å²) in [6, 6.07) is 3.48. The van der Waals surface area contributed by atoms with Gasteiger partial charge in [0.05, 0.1) is 31.0 Å². The number of rotatable bonds is 6. The van der Waals surface area contributed by atoms with E-state index in [9.17, 15) is 4.79 Å². The van der Waals surface area contributed by atoms with Crippen molar-refractivity contribution in [1.29, 1.82) is 0 Å². The Morgan fingerprint density at radius 2 is 2.07 bits per heavy atom. The largest absolute Gasteiger partial charge is 0.379 e. The average molecular weight is 424 g/mol. The molecule has 1 aliphatic heterocycles. The smallest absolute Gasteiger partial charge is 0.278 e. The molecule has 2 N–H and O–H groups in total. The van der Waals surface area contributed by atoms with E-state index in [1.165, 1.54) is 0 Å². The number of benzene rings is 1. The Balaban J connectivity index is 1.48. The fourth-order valence-corrected chi connectivity index (χ4v) is 3.38. The molecule has 0 aliphatic carbocycles. The van der Waals surface area contributed by atoms with E-state index in [1.807, 2.05) is 4.57 Å². The number of nitrogens with one attached hydrogen (secondary N) is 2. The van der Waals surface area contributed by atoms with E-state index < -0.39 is 0 Å². The van der Waals surface area contributed by atoms with Crippen LogP contribution in [0.25, 0.3) is 11.2 Å². The van der Waals surface area contributed by atoms with Crippen molar-refractivity contribution < 1.29 is 6.11 Å². The van der Waals surface area contributed by atoms with Crippen LogP contribution in [0.3, 0.4) is 0 Å². The Hall–Kier alpha value is -2.13. The quantitative estimate of drug-likeness (QED) is 0.632. The van der Waals surface area contributed by atoms with Crippen LogP contribution in [0, 0.1) is 0 Å². The van der Waals surface area contributed by atoms with E-state index >= 15 is 0 Å². The van der Waals surface area contributed by atoms with Gasteiger partial charge < -0.3 is 14.6 Å². The Morgan fingerprint density at radius 1 is 1.25 bits per heavy atom. The van der Waals surface area contributed by atoms with Gasteiger partial charge in [-0.15, -0.1) is 0 Å². The van der Waals surface area contributed by atoms with Crippen LogP contribution >= 0.6 is 23.2 Å². The molecule has 28 heavy (non-hydrogen) atoms. The fourth-order valence-electron chi connectivity index (χ4n) is 3.08. The van der Waals surface area contributed by atoms with Crippen molar-refractivity contribution in [1.82, 2.24) is 24.4 Å². The number of fused-ring (bicyclic) bond motifs is 1. The van der Waals surface area contributed by atoms with Gasteiger partial charge >= 0.3 is 0 Å². The number of nitrogens with zero attached hydrogens (tertiary/aromatic N) is 4. The Labute approximate surface area is 172 Å². The molecule has 2 aromatic heterocycles. The Morgan fingerprint density at radius 3 is 2.89 bits per heavy atom. The van der Waals surface area contributed by atoms with Gasteiger partial charge in [-0.2, -0.15) is 4.98 Å². The molecular weight excluding hydrogens is 403 g/mol. The van der Waals surface area contributed by atoms with Crippen LogP contribution in [0.4, 0.5) is 5.95 Å². The number of anilines is 1. The maximum atomic E-state index is 12.6. The van der Waals surface area contributed by atoms with Gasteiger partial charge in [-0.05, 0) is 17.7 Å². The highest BCUT2D eigenvalue weighted by atomic mass is 35.5. The lowest BCUT2D eigenvalue weighted by Crippen LogP contribution is -2.38. The van der Waals surface area contributed by atoms with E-state index in [1.54, 1.807) is 18.5 Å². The molecule has 0 bridgehead atoms. The predicted octanol–water partition coefficient (Wildman–Crippen LogP) is 2.37. The standard InChI is InChI=1S/C18H20Cl2N6O2/c19-13-2-1-12(9-14(13)20)10-21-18-23-16-15(17(27)24-18)26(11-22-16)4-3-25-5-7-28-8-6-25/h1-2,9,11H,3-8,10H2,(H2,21,23,24,27)/i9D. The molecule has 0 saturated carbocycles. The number of ether oxygens (including phenoxy) is 1. The summed E-state index contributed by atoms with van der Waals surface area (Å²) < 4.78 is 15.2. The topological polar surface area (TPSA) is 88.1 Å². The highest BCUT2D eigenvalue weighted by molar-refractivity contribution is 6.42. The minimum atomic E-state index is -0.266. The third-order valence-corrected chi connectivity index (χ3v) is 5.31. The summed E-state index contributed by atoms with van der Waals surface area (Å²) in [6.07, 6.45) is 1.64. The van der Waals surface area contributed by atoms with Crippen molar-refractivity contribution in [3.63, 3.8) is 0 Å². The average Bonchev–Trinajstić information content (AvgIpc) is 3.14. The zero-order valence-corrected chi connectivity index (χ0v) is 16.6. The summed E-state index contributed by atoms with van der Waals surface area (Å²) in [5.41, 5.74) is 1.19. The number of hydrogen-bond acceptors (Lipinski definition) is 6. The summed E-state index contributed by atoms with van der Waals surface area (Å²) in [6.45, 7) is 4.99. The number of imidazole rings is 1. The van der Waals surface area contributed by atoms with Gasteiger partial charge in [-0.1, -0.05) is 29.3 Å². The second kappa shape index (κ2) is 8.48. The van der Waals surface area contributed by atoms with Gasteiger partial charge in [0.15, 0.2) is 11.2 Å². The maximum Gasteiger partial charge on any atom is 0.278 e. The lowest BCUT2D eigenvalue weighted by atomic mass is 10.2. The van der Waals surface area contributed by atoms with Gasteiger partial charge in [-0.25, -0.2) is 4.98 Å². The van der Waals surface area contributed by atoms with Crippen molar-refractivity contribution in [2.24, 2.45) is 0 Å². The molecule has 1 aliphatic rings. The van der Waals surface area contributed by atoms with E-state index in [0.29, 0.717) is 28.3 Å². The van der Waals surface area contributed by atoms with Gasteiger partial charge in [0, 0.05) is 32.7 Å². The first-order chi connectivity index (χ1) is 14.0. The minimum Gasteiger partial charge on any atom is -0.379 e. The molecule has 3 heterocycles. The monoisotopic (exact) mass is 423 g/mol. The molecule has 8 nitrogen and oxygen atoms in total. The van der Waals surface area contributed by atoms with Crippen LogP contribution < -0.4 is 10.9 Å². The molecule has 0 atom stereocenters. The highest BCUT2D eigenvalue weighted by Crippen LogP contribution is 2.22. The fraction of sp³-hybridized carbons (Fsp3) is 0.389. The van der Waals surface area contributed by atoms with Crippen molar-refractivity contribution in [3.8, 4) is 0 Å². The molecule has 148 valence electrons. The number of hydrogen-bond donors (Lipinski definition) is 2. The van der Waals surface area contributed by atoms with E-state index in [4.69, 9.17) is 29.3 Å². The molecule has 10 heteroatoms. The lowest BCUT2D eigenvalue weighted by Gasteiger charge is -2.26. The summed E-state index contributed by atoms with van der Waals surface area (Å²) >= 11 is 11.9. The van der Waals surface area contributed by atoms with Gasteiger partial charge in [0.1, 0.15) is 0 Å². The molecule has 0 radical (unpaired) electrons. The van der Waals surface area contributed by atoms with Crippen molar-refractivity contribution >= 4 is 40.3 Å². The molecule has 0 spiro atoms. The van der Waals surface area contributed by atoms with Gasteiger partial charge in [-0.3, -0.25) is 14.7 Å². The zero-order chi connectivity index (χ0) is 20.4. The van der Waals surface area contributed by atoms with Gasteiger partial charge in [0.25, 0.3) is 5.56 Å². The molecule has 3 aromatic rings. The first-order valence-corrected chi connectivity index (χ1v) is 9.71. The first kappa shape index (κ1) is 17.9. The Bertz CT molecular complexity index is 1080. The molecule has 0 unspecified atom stereocenters. The second-order valence-electron chi connectivity index (χ2n) is 6.48. The first-order valence-electron chi connectivity index (χ1n) is 9.45. The van der Waals surface area contributed by atoms with Crippen molar-refractivity contribution in [2.75, 3.05) is 38.2 Å². The van der Waals surface area contributed by atoms with Crippen LogP contribution in [0.1, 0.15) is 6.93 Å². The van der Waals surface area contributed by atoms with Crippen molar-refractivity contribution in [3.05, 3.63) is 50.5 Å². The molecular formula is C18H20Cl2N6O2. The lowest BCUT2D eigenvalue weighted by molar-refractivity contribution is 0.0365. The molecule has 1 fully saturated rings. The minimum absolute atomic E-state index is 0.141. The van der Waals surface area contributed by atoms with Crippen LogP contribution in [0.15, 0.2) is 29.3 Å². The van der Waals surface area contributed by atoms with Crippen LogP contribution in [-0.4, -0.2) is 57.3 Å². The summed E-state index contributed by atoms with van der Waals surface area (Å²) in [4.78, 5) is 26.3. The molecule has 1 saturated heterocycles. The summed E-state index contributed by atoms with van der Waals surface area (Å²) in [5, 5.41) is 3.54. The number of H-pyrrole nitrogens is 1. The molecule has 4 rings (SSSR count). The number of halogens is 2. The summed E-state index contributed by atoms with van der Waals surface area (Å²) in [7, 11) is 0. The SMILES string of the molecule is [2H]c1c(CNc2nc3ncn(CCN4CCOCC4)c3c(=O)[nH]2)ccc(Cl)c1Cl. The maximum absolute atomic E-state index is 12.6. The number of morpholine rings is 1. The van der Waals surface area contributed by atoms with Gasteiger partial charge in [0.2, 0.25) is 5.95 Å². The Kier molecular flexibility index (Phi) is 5.43.